The number of carbonyl (C=O) groups is 1. The maximum Gasteiger partial charge on any atom is 0.273 e. The van der Waals surface area contributed by atoms with E-state index in [2.05, 4.69) is 27.0 Å². The number of rotatable bonds is 8. The molecule has 1 aromatic rings. The van der Waals surface area contributed by atoms with E-state index < -0.39 is 10.0 Å². The van der Waals surface area contributed by atoms with E-state index in [1.54, 1.807) is 6.07 Å². The monoisotopic (exact) mass is 450 g/mol. The number of aromatic nitrogens is 1. The van der Waals surface area contributed by atoms with Crippen LogP contribution >= 0.6 is 0 Å². The summed E-state index contributed by atoms with van der Waals surface area (Å²) in [4.78, 5) is 15.0. The second-order valence-corrected chi connectivity index (χ2v) is 11.0. The number of nitrogens with zero attached hydrogens (tertiary/aromatic N) is 2. The fourth-order valence-corrected chi connectivity index (χ4v) is 6.32. The molecule has 2 aliphatic carbocycles. The van der Waals surface area contributed by atoms with Crippen molar-refractivity contribution in [3.05, 3.63) is 29.7 Å². The normalized spacial score (nSPS) is 26.0. The summed E-state index contributed by atoms with van der Waals surface area (Å²) in [6.07, 6.45) is 9.91. The van der Waals surface area contributed by atoms with Crippen molar-refractivity contribution in [2.24, 2.45) is 5.92 Å². The molecule has 2 atom stereocenters. The van der Waals surface area contributed by atoms with Crippen molar-refractivity contribution in [3.8, 4) is 0 Å². The Balaban J connectivity index is 1.29. The molecule has 31 heavy (non-hydrogen) atoms. The second-order valence-electron chi connectivity index (χ2n) is 9.21. The van der Waals surface area contributed by atoms with Crippen LogP contribution in [0.5, 0.6) is 0 Å². The molecule has 0 unspecified atom stereocenters. The van der Waals surface area contributed by atoms with E-state index in [0.29, 0.717) is 30.9 Å². The summed E-state index contributed by atoms with van der Waals surface area (Å²) in [5.74, 6) is 1.32. The number of amides is 1. The van der Waals surface area contributed by atoms with Crippen molar-refractivity contribution >= 4 is 15.9 Å². The SMILES string of the molecule is CCN1CCC(CS(=O)(=O)N[C@H]2CC=CC[C@H](NC(=O)c3cc(C4CC4)on3)C2)CC1. The average Bonchev–Trinajstić information content (AvgIpc) is 3.51. The lowest BCUT2D eigenvalue weighted by Gasteiger charge is -2.31. The number of hydrogen-bond donors (Lipinski definition) is 2. The molecule has 1 aliphatic heterocycles. The van der Waals surface area contributed by atoms with E-state index in [1.165, 1.54) is 0 Å². The fourth-order valence-electron chi connectivity index (χ4n) is 4.57. The van der Waals surface area contributed by atoms with E-state index in [0.717, 1.165) is 51.1 Å². The molecular weight excluding hydrogens is 416 g/mol. The van der Waals surface area contributed by atoms with E-state index in [4.69, 9.17) is 4.52 Å². The topological polar surface area (TPSA) is 105 Å². The van der Waals surface area contributed by atoms with Crippen LogP contribution in [0.3, 0.4) is 0 Å². The van der Waals surface area contributed by atoms with Gasteiger partial charge in [0, 0.05) is 24.1 Å². The van der Waals surface area contributed by atoms with Crippen LogP contribution in [0.4, 0.5) is 0 Å². The Morgan fingerprint density at radius 3 is 2.55 bits per heavy atom. The Labute approximate surface area is 184 Å². The van der Waals surface area contributed by atoms with Crippen LogP contribution in [0, 0.1) is 5.92 Å². The molecule has 0 radical (unpaired) electrons. The maximum atomic E-state index is 12.8. The summed E-state index contributed by atoms with van der Waals surface area (Å²) in [5.41, 5.74) is 0.297. The zero-order chi connectivity index (χ0) is 21.8. The molecule has 1 aromatic heterocycles. The molecule has 0 aromatic carbocycles. The average molecular weight is 451 g/mol. The van der Waals surface area contributed by atoms with Gasteiger partial charge >= 0.3 is 0 Å². The van der Waals surface area contributed by atoms with Crippen LogP contribution in [0.2, 0.25) is 0 Å². The van der Waals surface area contributed by atoms with Crippen molar-refractivity contribution in [2.45, 2.75) is 69.9 Å². The third kappa shape index (κ3) is 6.40. The molecule has 1 amide bonds. The Morgan fingerprint density at radius 1 is 1.16 bits per heavy atom. The predicted octanol–water partition coefficient (Wildman–Crippen LogP) is 2.41. The maximum absolute atomic E-state index is 12.8. The first kappa shape index (κ1) is 22.5. The van der Waals surface area contributed by atoms with Crippen molar-refractivity contribution in [3.63, 3.8) is 0 Å². The molecule has 4 rings (SSSR count). The quantitative estimate of drug-likeness (QED) is 0.590. The number of hydrogen-bond acceptors (Lipinski definition) is 6. The second kappa shape index (κ2) is 9.83. The van der Waals surface area contributed by atoms with Crippen molar-refractivity contribution < 1.29 is 17.7 Å². The summed E-state index contributed by atoms with van der Waals surface area (Å²) in [5, 5.41) is 6.90. The molecular formula is C22H34N4O4S. The van der Waals surface area contributed by atoms with E-state index in [-0.39, 0.29) is 29.7 Å². The third-order valence-electron chi connectivity index (χ3n) is 6.61. The largest absolute Gasteiger partial charge is 0.360 e. The van der Waals surface area contributed by atoms with Gasteiger partial charge in [-0.2, -0.15) is 0 Å². The van der Waals surface area contributed by atoms with Gasteiger partial charge in [0.25, 0.3) is 5.91 Å². The van der Waals surface area contributed by atoms with Crippen LogP contribution in [0.15, 0.2) is 22.7 Å². The van der Waals surface area contributed by atoms with Gasteiger partial charge in [-0.05, 0) is 70.5 Å². The third-order valence-corrected chi connectivity index (χ3v) is 8.21. The summed E-state index contributed by atoms with van der Waals surface area (Å²) >= 11 is 0. The Morgan fingerprint density at radius 2 is 1.87 bits per heavy atom. The van der Waals surface area contributed by atoms with Crippen LogP contribution in [-0.4, -0.2) is 61.9 Å². The number of piperidine rings is 1. The smallest absolute Gasteiger partial charge is 0.273 e. The van der Waals surface area contributed by atoms with E-state index >= 15 is 0 Å². The standard InChI is InChI=1S/C22H34N4O4S/c1-2-26-11-9-16(10-12-26)15-31(28,29)25-19-6-4-3-5-18(13-19)23-22(27)20-14-21(30-24-20)17-7-8-17/h3-4,14,16-19,25H,2,5-13,15H2,1H3,(H,23,27)/t18-,19-/m0/s1. The Kier molecular flexibility index (Phi) is 7.13. The van der Waals surface area contributed by atoms with Crippen molar-refractivity contribution in [2.75, 3.05) is 25.4 Å². The molecule has 9 heteroatoms. The lowest BCUT2D eigenvalue weighted by atomic mass is 9.99. The van der Waals surface area contributed by atoms with Crippen LogP contribution in [-0.2, 0) is 10.0 Å². The molecule has 2 fully saturated rings. The lowest BCUT2D eigenvalue weighted by Crippen LogP contribution is -2.44. The van der Waals surface area contributed by atoms with E-state index in [9.17, 15) is 13.2 Å². The molecule has 0 bridgehead atoms. The minimum atomic E-state index is -3.37. The first-order chi connectivity index (χ1) is 14.9. The van der Waals surface area contributed by atoms with Gasteiger partial charge in [-0.15, -0.1) is 0 Å². The predicted molar refractivity (Wildman–Crippen MR) is 118 cm³/mol. The zero-order valence-corrected chi connectivity index (χ0v) is 19.1. The molecule has 8 nitrogen and oxygen atoms in total. The highest BCUT2D eigenvalue weighted by Crippen LogP contribution is 2.40. The van der Waals surface area contributed by atoms with Crippen LogP contribution in [0.25, 0.3) is 0 Å². The van der Waals surface area contributed by atoms with E-state index in [1.807, 2.05) is 12.2 Å². The molecule has 172 valence electrons. The number of likely N-dealkylation sites (tertiary alicyclic amines) is 1. The van der Waals surface area contributed by atoms with Crippen LogP contribution in [0.1, 0.15) is 74.0 Å². The van der Waals surface area contributed by atoms with Gasteiger partial charge in [0.05, 0.1) is 5.75 Å². The lowest BCUT2D eigenvalue weighted by molar-refractivity contribution is 0.0925. The Hall–Kier alpha value is -1.71. The minimum absolute atomic E-state index is 0.146. The minimum Gasteiger partial charge on any atom is -0.360 e. The Bertz CT molecular complexity index is 885. The van der Waals surface area contributed by atoms with Gasteiger partial charge in [-0.3, -0.25) is 4.79 Å². The fraction of sp³-hybridized carbons (Fsp3) is 0.727. The summed E-state index contributed by atoms with van der Waals surface area (Å²) in [6, 6.07) is 1.36. The van der Waals surface area contributed by atoms with Crippen molar-refractivity contribution in [1.82, 2.24) is 20.1 Å². The van der Waals surface area contributed by atoms with Gasteiger partial charge in [-0.25, -0.2) is 13.1 Å². The molecule has 0 spiro atoms. The van der Waals surface area contributed by atoms with Crippen molar-refractivity contribution in [1.29, 1.82) is 0 Å². The number of carbonyl (C=O) groups excluding carboxylic acids is 1. The summed E-state index contributed by atoms with van der Waals surface area (Å²) < 4.78 is 33.8. The first-order valence-electron chi connectivity index (χ1n) is 11.6. The summed E-state index contributed by atoms with van der Waals surface area (Å²) in [6.45, 7) is 5.11. The molecule has 1 saturated heterocycles. The van der Waals surface area contributed by atoms with Gasteiger partial charge in [0.1, 0.15) is 5.76 Å². The van der Waals surface area contributed by atoms with Gasteiger partial charge < -0.3 is 14.7 Å². The number of sulfonamides is 1. The molecule has 2 heterocycles. The van der Waals surface area contributed by atoms with Crippen LogP contribution < -0.4 is 10.0 Å². The highest BCUT2D eigenvalue weighted by Gasteiger charge is 2.30. The first-order valence-corrected chi connectivity index (χ1v) is 13.2. The van der Waals surface area contributed by atoms with Gasteiger partial charge in [-0.1, -0.05) is 24.2 Å². The molecule has 3 aliphatic rings. The molecule has 1 saturated carbocycles. The zero-order valence-electron chi connectivity index (χ0n) is 18.3. The highest BCUT2D eigenvalue weighted by molar-refractivity contribution is 7.89. The molecule has 2 N–H and O–H groups in total. The highest BCUT2D eigenvalue weighted by atomic mass is 32.2. The van der Waals surface area contributed by atoms with Gasteiger partial charge in [0.2, 0.25) is 10.0 Å². The summed E-state index contributed by atoms with van der Waals surface area (Å²) in [7, 11) is -3.37. The van der Waals surface area contributed by atoms with Gasteiger partial charge in [0.15, 0.2) is 5.69 Å². The number of nitrogens with one attached hydrogen (secondary N) is 2.